The van der Waals surface area contributed by atoms with E-state index >= 15 is 0 Å². The van der Waals surface area contributed by atoms with E-state index in [-0.39, 0.29) is 41.4 Å². The lowest BCUT2D eigenvalue weighted by molar-refractivity contribution is -0.133. The monoisotopic (exact) mass is 561 g/mol. The first-order chi connectivity index (χ1) is 18.4. The summed E-state index contributed by atoms with van der Waals surface area (Å²) in [7, 11) is -3.23. The predicted molar refractivity (Wildman–Crippen MR) is 153 cm³/mol. The van der Waals surface area contributed by atoms with E-state index in [2.05, 4.69) is 15.5 Å². The second kappa shape index (κ2) is 12.7. The minimum absolute atomic E-state index is 0.00483. The fourth-order valence-electron chi connectivity index (χ4n) is 6.68. The van der Waals surface area contributed by atoms with Gasteiger partial charge in [0.1, 0.15) is 0 Å². The van der Waals surface area contributed by atoms with E-state index in [9.17, 15) is 23.1 Å². The van der Waals surface area contributed by atoms with Crippen LogP contribution in [-0.4, -0.2) is 78.6 Å². The van der Waals surface area contributed by atoms with Gasteiger partial charge in [-0.15, -0.1) is 0 Å². The van der Waals surface area contributed by atoms with E-state index in [0.717, 1.165) is 31.4 Å². The largest absolute Gasteiger partial charge is 0.390 e. The summed E-state index contributed by atoms with van der Waals surface area (Å²) < 4.78 is 24.4. The SMILES string of the molecule is CC(C)(C)NC(=O)[C@@H]1C[C@@H]2CCCC[C@@H]2CN1C[C@@H](O)[C@H](Cc1ccccc1)NC(=O)[C@@H]1CCCS(=O)(=O)C1. The van der Waals surface area contributed by atoms with Gasteiger partial charge < -0.3 is 15.7 Å². The van der Waals surface area contributed by atoms with Crippen LogP contribution in [0.4, 0.5) is 0 Å². The van der Waals surface area contributed by atoms with Gasteiger partial charge in [0, 0.05) is 18.6 Å². The number of nitrogens with one attached hydrogen (secondary N) is 2. The molecule has 2 heterocycles. The molecule has 2 amide bonds. The van der Waals surface area contributed by atoms with E-state index in [1.807, 2.05) is 51.1 Å². The van der Waals surface area contributed by atoms with E-state index < -0.39 is 27.9 Å². The fourth-order valence-corrected chi connectivity index (χ4v) is 8.38. The van der Waals surface area contributed by atoms with Gasteiger partial charge in [0.15, 0.2) is 9.84 Å². The summed E-state index contributed by atoms with van der Waals surface area (Å²) in [6.07, 6.45) is 6.01. The Morgan fingerprint density at radius 1 is 1.03 bits per heavy atom. The van der Waals surface area contributed by atoms with Crippen LogP contribution in [0, 0.1) is 17.8 Å². The molecule has 8 nitrogen and oxygen atoms in total. The first-order valence-corrected chi connectivity index (χ1v) is 16.5. The Hall–Kier alpha value is -1.97. The number of nitrogens with zero attached hydrogens (tertiary/aromatic N) is 1. The second-order valence-electron chi connectivity index (χ2n) is 13.1. The third kappa shape index (κ3) is 8.51. The summed E-state index contributed by atoms with van der Waals surface area (Å²) >= 11 is 0. The number of likely N-dealkylation sites (tertiary alicyclic amines) is 1. The number of carbonyl (C=O) groups is 2. The average molecular weight is 562 g/mol. The van der Waals surface area contributed by atoms with E-state index in [0.29, 0.717) is 31.1 Å². The number of aliphatic hydroxyl groups excluding tert-OH is 1. The van der Waals surface area contributed by atoms with Crippen molar-refractivity contribution in [2.75, 3.05) is 24.6 Å². The number of fused-ring (bicyclic) bond motifs is 1. The molecule has 4 rings (SSSR count). The second-order valence-corrected chi connectivity index (χ2v) is 15.3. The maximum absolute atomic E-state index is 13.4. The molecule has 39 heavy (non-hydrogen) atoms. The lowest BCUT2D eigenvalue weighted by Gasteiger charge is -2.47. The summed E-state index contributed by atoms with van der Waals surface area (Å²) in [6.45, 7) is 6.97. The number of amides is 2. The zero-order valence-electron chi connectivity index (χ0n) is 23.8. The van der Waals surface area contributed by atoms with Crippen molar-refractivity contribution in [1.29, 1.82) is 0 Å². The third-order valence-corrected chi connectivity index (χ3v) is 10.5. The molecule has 0 bridgehead atoms. The number of hydrogen-bond donors (Lipinski definition) is 3. The molecular formula is C30H47N3O5S. The Balaban J connectivity index is 1.52. The Bertz CT molecular complexity index is 1090. The van der Waals surface area contributed by atoms with Gasteiger partial charge in [-0.25, -0.2) is 8.42 Å². The van der Waals surface area contributed by atoms with Crippen LogP contribution in [0.1, 0.15) is 71.3 Å². The maximum atomic E-state index is 13.4. The first-order valence-electron chi connectivity index (χ1n) is 14.7. The van der Waals surface area contributed by atoms with Crippen LogP contribution in [0.25, 0.3) is 0 Å². The molecule has 1 aromatic rings. The molecule has 0 aromatic heterocycles. The standard InChI is InChI=1S/C30H47N3O5S/c1-30(2,3)32-29(36)26-17-22-12-7-8-13-23(22)18-33(26)19-27(34)25(16-21-10-5-4-6-11-21)31-28(35)24-14-9-15-39(37,38)20-24/h4-6,10-11,22-27,34H,7-9,12-20H2,1-3H3,(H,31,35)(H,32,36)/t22-,23+,24+,25-,26-,27+/m0/s1. The minimum atomic E-state index is -3.23. The van der Waals surface area contributed by atoms with Crippen LogP contribution in [0.15, 0.2) is 30.3 Å². The lowest BCUT2D eigenvalue weighted by Crippen LogP contribution is -2.60. The van der Waals surface area contributed by atoms with Gasteiger partial charge in [-0.05, 0) is 70.3 Å². The number of carbonyl (C=O) groups excluding carboxylic acids is 2. The molecule has 3 fully saturated rings. The Morgan fingerprint density at radius 2 is 1.72 bits per heavy atom. The quantitative estimate of drug-likeness (QED) is 0.450. The Kier molecular flexibility index (Phi) is 9.76. The van der Waals surface area contributed by atoms with Crippen LogP contribution in [0.2, 0.25) is 0 Å². The van der Waals surface area contributed by atoms with Crippen LogP contribution in [0.5, 0.6) is 0 Å². The number of piperidine rings is 1. The fraction of sp³-hybridized carbons (Fsp3) is 0.733. The molecular weight excluding hydrogens is 514 g/mol. The van der Waals surface area contributed by atoms with Gasteiger partial charge >= 0.3 is 0 Å². The molecule has 218 valence electrons. The first kappa shape index (κ1) is 30.0. The van der Waals surface area contributed by atoms with Crippen molar-refractivity contribution < 1.29 is 23.1 Å². The number of aliphatic hydroxyl groups is 1. The number of rotatable bonds is 8. The van der Waals surface area contributed by atoms with Gasteiger partial charge in [0.25, 0.3) is 0 Å². The summed E-state index contributed by atoms with van der Waals surface area (Å²) in [4.78, 5) is 28.8. The molecule has 6 atom stereocenters. The Labute approximate surface area is 234 Å². The molecule has 2 aliphatic heterocycles. The van der Waals surface area contributed by atoms with Crippen molar-refractivity contribution in [2.45, 2.75) is 95.9 Å². The van der Waals surface area contributed by atoms with Crippen LogP contribution < -0.4 is 10.6 Å². The molecule has 1 aliphatic carbocycles. The topological polar surface area (TPSA) is 116 Å². The van der Waals surface area contributed by atoms with E-state index in [1.54, 1.807) is 0 Å². The normalized spacial score (nSPS) is 29.0. The predicted octanol–water partition coefficient (Wildman–Crippen LogP) is 2.70. The van der Waals surface area contributed by atoms with Crippen LogP contribution in [-0.2, 0) is 25.8 Å². The highest BCUT2D eigenvalue weighted by molar-refractivity contribution is 7.91. The zero-order valence-corrected chi connectivity index (χ0v) is 24.6. The molecule has 1 saturated carbocycles. The van der Waals surface area contributed by atoms with E-state index in [1.165, 1.54) is 12.8 Å². The smallest absolute Gasteiger partial charge is 0.237 e. The van der Waals surface area contributed by atoms with Crippen molar-refractivity contribution in [1.82, 2.24) is 15.5 Å². The average Bonchev–Trinajstić information content (AvgIpc) is 2.86. The number of benzene rings is 1. The summed E-state index contributed by atoms with van der Waals surface area (Å²) in [5, 5.41) is 17.8. The van der Waals surface area contributed by atoms with Gasteiger partial charge in [-0.3, -0.25) is 14.5 Å². The van der Waals surface area contributed by atoms with Gasteiger partial charge in [-0.2, -0.15) is 0 Å². The number of β-amino-alcohol motifs (C(OH)–C–C–N with tert-alkyl or cyclic N) is 1. The number of hydrogen-bond acceptors (Lipinski definition) is 6. The van der Waals surface area contributed by atoms with Crippen molar-refractivity contribution in [2.24, 2.45) is 17.8 Å². The van der Waals surface area contributed by atoms with Gasteiger partial charge in [0.05, 0.1) is 35.6 Å². The van der Waals surface area contributed by atoms with E-state index in [4.69, 9.17) is 0 Å². The molecule has 0 spiro atoms. The molecule has 3 aliphatic rings. The molecule has 9 heteroatoms. The maximum Gasteiger partial charge on any atom is 0.237 e. The van der Waals surface area contributed by atoms with Crippen LogP contribution >= 0.6 is 0 Å². The minimum Gasteiger partial charge on any atom is -0.390 e. The third-order valence-electron chi connectivity index (χ3n) is 8.65. The van der Waals surface area contributed by atoms with Crippen LogP contribution in [0.3, 0.4) is 0 Å². The molecule has 3 N–H and O–H groups in total. The van der Waals surface area contributed by atoms with Crippen molar-refractivity contribution in [3.63, 3.8) is 0 Å². The lowest BCUT2D eigenvalue weighted by atomic mass is 9.72. The molecule has 0 radical (unpaired) electrons. The zero-order chi connectivity index (χ0) is 28.2. The van der Waals surface area contributed by atoms with Gasteiger partial charge in [-0.1, -0.05) is 49.6 Å². The van der Waals surface area contributed by atoms with Gasteiger partial charge in [0.2, 0.25) is 11.8 Å². The molecule has 2 saturated heterocycles. The highest BCUT2D eigenvalue weighted by Gasteiger charge is 2.42. The van der Waals surface area contributed by atoms with Crippen molar-refractivity contribution in [3.05, 3.63) is 35.9 Å². The highest BCUT2D eigenvalue weighted by atomic mass is 32.2. The molecule has 0 unspecified atom stereocenters. The number of sulfone groups is 1. The van der Waals surface area contributed by atoms with Crippen molar-refractivity contribution in [3.8, 4) is 0 Å². The van der Waals surface area contributed by atoms with Crippen molar-refractivity contribution >= 4 is 21.7 Å². The Morgan fingerprint density at radius 3 is 2.38 bits per heavy atom. The molecule has 1 aromatic carbocycles. The highest BCUT2D eigenvalue weighted by Crippen LogP contribution is 2.39. The summed E-state index contributed by atoms with van der Waals surface area (Å²) in [5.74, 6) is 0.105. The summed E-state index contributed by atoms with van der Waals surface area (Å²) in [6, 6.07) is 8.78. The summed E-state index contributed by atoms with van der Waals surface area (Å²) in [5.41, 5.74) is 0.626.